The second kappa shape index (κ2) is 6.55. The van der Waals surface area contributed by atoms with Crippen molar-refractivity contribution in [2.45, 2.75) is 40.0 Å². The van der Waals surface area contributed by atoms with E-state index in [-0.39, 0.29) is 17.1 Å². The SMILES string of the molecule is Cc1cc(OCCCCC(C)(C)C(=N)N)ccc1F. The van der Waals surface area contributed by atoms with E-state index in [0.29, 0.717) is 17.9 Å². The molecule has 1 rings (SSSR count). The number of nitrogens with two attached hydrogens (primary N) is 1. The number of benzene rings is 1. The van der Waals surface area contributed by atoms with Gasteiger partial charge in [-0.15, -0.1) is 0 Å². The van der Waals surface area contributed by atoms with E-state index in [0.717, 1.165) is 19.3 Å². The van der Waals surface area contributed by atoms with E-state index in [4.69, 9.17) is 15.9 Å². The van der Waals surface area contributed by atoms with Gasteiger partial charge < -0.3 is 10.5 Å². The van der Waals surface area contributed by atoms with Crippen LogP contribution >= 0.6 is 0 Å². The fraction of sp³-hybridized carbons (Fsp3) is 0.533. The van der Waals surface area contributed by atoms with E-state index in [1.165, 1.54) is 6.07 Å². The molecule has 0 amide bonds. The highest BCUT2D eigenvalue weighted by atomic mass is 19.1. The van der Waals surface area contributed by atoms with Gasteiger partial charge in [0, 0.05) is 5.41 Å². The van der Waals surface area contributed by atoms with Crippen molar-refractivity contribution in [1.29, 1.82) is 5.41 Å². The number of hydrogen-bond donors (Lipinski definition) is 2. The minimum atomic E-state index is -0.244. The monoisotopic (exact) mass is 266 g/mol. The topological polar surface area (TPSA) is 59.1 Å². The van der Waals surface area contributed by atoms with Gasteiger partial charge in [0.25, 0.3) is 0 Å². The van der Waals surface area contributed by atoms with Crippen molar-refractivity contribution in [2.75, 3.05) is 6.61 Å². The lowest BCUT2D eigenvalue weighted by Crippen LogP contribution is -2.30. The molecule has 0 saturated carbocycles. The van der Waals surface area contributed by atoms with Crippen molar-refractivity contribution in [3.8, 4) is 5.75 Å². The molecule has 3 nitrogen and oxygen atoms in total. The summed E-state index contributed by atoms with van der Waals surface area (Å²) in [6.07, 6.45) is 2.72. The van der Waals surface area contributed by atoms with Crippen molar-refractivity contribution in [3.63, 3.8) is 0 Å². The van der Waals surface area contributed by atoms with E-state index in [2.05, 4.69) is 0 Å². The number of amidine groups is 1. The van der Waals surface area contributed by atoms with Gasteiger partial charge >= 0.3 is 0 Å². The summed E-state index contributed by atoms with van der Waals surface area (Å²) in [6, 6.07) is 4.76. The van der Waals surface area contributed by atoms with Crippen LogP contribution in [-0.2, 0) is 0 Å². The summed E-state index contributed by atoms with van der Waals surface area (Å²) in [7, 11) is 0. The zero-order valence-corrected chi connectivity index (χ0v) is 11.9. The Morgan fingerprint density at radius 1 is 1.37 bits per heavy atom. The first-order valence-corrected chi connectivity index (χ1v) is 6.56. The Morgan fingerprint density at radius 3 is 2.63 bits per heavy atom. The summed E-state index contributed by atoms with van der Waals surface area (Å²) in [5, 5.41) is 7.47. The maximum absolute atomic E-state index is 13.1. The van der Waals surface area contributed by atoms with Gasteiger partial charge in [-0.05, 0) is 49.9 Å². The summed E-state index contributed by atoms with van der Waals surface area (Å²) in [5.74, 6) is 0.711. The first kappa shape index (κ1) is 15.5. The Bertz CT molecular complexity index is 444. The fourth-order valence-electron chi connectivity index (χ4n) is 1.70. The summed E-state index contributed by atoms with van der Waals surface area (Å²) >= 11 is 0. The lowest BCUT2D eigenvalue weighted by Gasteiger charge is -2.22. The molecule has 0 saturated heterocycles. The maximum Gasteiger partial charge on any atom is 0.126 e. The smallest absolute Gasteiger partial charge is 0.126 e. The van der Waals surface area contributed by atoms with Gasteiger partial charge in [-0.25, -0.2) is 4.39 Å². The standard InChI is InChI=1S/C15H23FN2O/c1-11-10-12(6-7-13(11)16)19-9-5-4-8-15(2,3)14(17)18/h6-7,10H,4-5,8-9H2,1-3H3,(H3,17,18). The highest BCUT2D eigenvalue weighted by Crippen LogP contribution is 2.23. The molecular weight excluding hydrogens is 243 g/mol. The first-order chi connectivity index (χ1) is 8.83. The van der Waals surface area contributed by atoms with Crippen LogP contribution in [0.5, 0.6) is 5.75 Å². The van der Waals surface area contributed by atoms with Crippen LogP contribution < -0.4 is 10.5 Å². The minimum Gasteiger partial charge on any atom is -0.494 e. The molecule has 0 radical (unpaired) electrons. The van der Waals surface area contributed by atoms with Crippen LogP contribution in [0.25, 0.3) is 0 Å². The molecule has 0 bridgehead atoms. The Hall–Kier alpha value is -1.58. The Labute approximate surface area is 114 Å². The molecule has 0 aliphatic rings. The third-order valence-corrected chi connectivity index (χ3v) is 3.32. The van der Waals surface area contributed by atoms with Crippen LogP contribution in [0.15, 0.2) is 18.2 Å². The molecule has 3 N–H and O–H groups in total. The molecular formula is C15H23FN2O. The highest BCUT2D eigenvalue weighted by Gasteiger charge is 2.20. The Kier molecular flexibility index (Phi) is 5.33. The zero-order valence-electron chi connectivity index (χ0n) is 11.9. The van der Waals surface area contributed by atoms with Crippen molar-refractivity contribution in [2.24, 2.45) is 11.1 Å². The maximum atomic E-state index is 13.1. The van der Waals surface area contributed by atoms with E-state index in [9.17, 15) is 4.39 Å². The van der Waals surface area contributed by atoms with Crippen LogP contribution in [0, 0.1) is 23.6 Å². The molecule has 1 aromatic rings. The van der Waals surface area contributed by atoms with E-state index in [1.807, 2.05) is 13.8 Å². The van der Waals surface area contributed by atoms with Crippen LogP contribution in [0.3, 0.4) is 0 Å². The summed E-state index contributed by atoms with van der Waals surface area (Å²) < 4.78 is 18.6. The third kappa shape index (κ3) is 4.89. The van der Waals surface area contributed by atoms with Crippen LogP contribution in [-0.4, -0.2) is 12.4 Å². The fourth-order valence-corrected chi connectivity index (χ4v) is 1.70. The van der Waals surface area contributed by atoms with Crippen molar-refractivity contribution in [1.82, 2.24) is 0 Å². The predicted octanol–water partition coefficient (Wildman–Crippen LogP) is 3.65. The van der Waals surface area contributed by atoms with Crippen molar-refractivity contribution < 1.29 is 9.13 Å². The van der Waals surface area contributed by atoms with Crippen LogP contribution in [0.1, 0.15) is 38.7 Å². The molecule has 106 valence electrons. The van der Waals surface area contributed by atoms with Gasteiger partial charge in [-0.1, -0.05) is 13.8 Å². The van der Waals surface area contributed by atoms with Gasteiger partial charge in [0.2, 0.25) is 0 Å². The number of halogens is 1. The summed E-state index contributed by atoms with van der Waals surface area (Å²) in [4.78, 5) is 0. The quantitative estimate of drug-likeness (QED) is 0.449. The summed E-state index contributed by atoms with van der Waals surface area (Å²) in [6.45, 7) is 6.26. The number of aryl methyl sites for hydroxylation is 1. The molecule has 4 heteroatoms. The van der Waals surface area contributed by atoms with E-state index in [1.54, 1.807) is 19.1 Å². The molecule has 0 aliphatic heterocycles. The minimum absolute atomic E-state index is 0.212. The number of rotatable bonds is 7. The Balaban J connectivity index is 2.28. The van der Waals surface area contributed by atoms with Gasteiger partial charge in [-0.2, -0.15) is 0 Å². The van der Waals surface area contributed by atoms with Gasteiger partial charge in [-0.3, -0.25) is 5.41 Å². The average Bonchev–Trinajstić information content (AvgIpc) is 2.33. The molecule has 0 heterocycles. The number of nitrogens with one attached hydrogen (secondary N) is 1. The van der Waals surface area contributed by atoms with Crippen LogP contribution in [0.4, 0.5) is 4.39 Å². The molecule has 0 fully saturated rings. The zero-order chi connectivity index (χ0) is 14.5. The normalized spacial score (nSPS) is 11.4. The number of unbranched alkanes of at least 4 members (excludes halogenated alkanes) is 1. The molecule has 0 aromatic heterocycles. The largest absolute Gasteiger partial charge is 0.494 e. The summed E-state index contributed by atoms with van der Waals surface area (Å²) in [5.41, 5.74) is 5.87. The first-order valence-electron chi connectivity index (χ1n) is 6.56. The van der Waals surface area contributed by atoms with E-state index < -0.39 is 0 Å². The number of ether oxygens (including phenoxy) is 1. The molecule has 0 spiro atoms. The van der Waals surface area contributed by atoms with Gasteiger partial charge in [0.1, 0.15) is 11.6 Å². The second-order valence-electron chi connectivity index (χ2n) is 5.51. The van der Waals surface area contributed by atoms with E-state index >= 15 is 0 Å². The molecule has 0 atom stereocenters. The van der Waals surface area contributed by atoms with Gasteiger partial charge in [0.15, 0.2) is 0 Å². The van der Waals surface area contributed by atoms with Crippen molar-refractivity contribution >= 4 is 5.84 Å². The third-order valence-electron chi connectivity index (χ3n) is 3.32. The lowest BCUT2D eigenvalue weighted by atomic mass is 9.86. The second-order valence-corrected chi connectivity index (χ2v) is 5.51. The van der Waals surface area contributed by atoms with Crippen molar-refractivity contribution in [3.05, 3.63) is 29.6 Å². The molecule has 0 unspecified atom stereocenters. The molecule has 0 aliphatic carbocycles. The predicted molar refractivity (Wildman–Crippen MR) is 76.2 cm³/mol. The molecule has 19 heavy (non-hydrogen) atoms. The Morgan fingerprint density at radius 2 is 2.05 bits per heavy atom. The average molecular weight is 266 g/mol. The lowest BCUT2D eigenvalue weighted by molar-refractivity contribution is 0.295. The van der Waals surface area contributed by atoms with Gasteiger partial charge in [0.05, 0.1) is 12.4 Å². The number of hydrogen-bond acceptors (Lipinski definition) is 2. The highest BCUT2D eigenvalue weighted by molar-refractivity contribution is 5.82. The molecule has 1 aromatic carbocycles. The van der Waals surface area contributed by atoms with Crippen LogP contribution in [0.2, 0.25) is 0 Å².